The highest BCUT2D eigenvalue weighted by Gasteiger charge is 2.42. The minimum absolute atomic E-state index is 0.323. The molecule has 5 nitrogen and oxygen atoms in total. The molecule has 1 aliphatic heterocycles. The van der Waals surface area contributed by atoms with E-state index >= 15 is 0 Å². The maximum absolute atomic E-state index is 13.1. The van der Waals surface area contributed by atoms with Gasteiger partial charge in [0.1, 0.15) is 6.04 Å². The molecule has 0 radical (unpaired) electrons. The van der Waals surface area contributed by atoms with E-state index in [2.05, 4.69) is 4.98 Å². The number of aromatic nitrogens is 1. The summed E-state index contributed by atoms with van der Waals surface area (Å²) in [7, 11) is 0. The van der Waals surface area contributed by atoms with Gasteiger partial charge >= 0.3 is 0 Å². The van der Waals surface area contributed by atoms with E-state index in [1.54, 1.807) is 30.5 Å². The van der Waals surface area contributed by atoms with Gasteiger partial charge in [0, 0.05) is 12.0 Å². The average Bonchev–Trinajstić information content (AvgIpc) is 3.38. The zero-order valence-electron chi connectivity index (χ0n) is 16.1. The fourth-order valence-corrected chi connectivity index (χ4v) is 3.79. The van der Waals surface area contributed by atoms with Gasteiger partial charge in [-0.3, -0.25) is 14.5 Å². The van der Waals surface area contributed by atoms with Gasteiger partial charge < -0.3 is 4.42 Å². The van der Waals surface area contributed by atoms with Crippen LogP contribution in [0.4, 0.5) is 0 Å². The van der Waals surface area contributed by atoms with E-state index in [-0.39, 0.29) is 11.8 Å². The highest BCUT2D eigenvalue weighted by atomic mass is 16.4. The van der Waals surface area contributed by atoms with Crippen molar-refractivity contribution in [3.05, 3.63) is 114 Å². The summed E-state index contributed by atoms with van der Waals surface area (Å²) < 4.78 is 6.05. The van der Waals surface area contributed by atoms with Crippen LogP contribution in [0, 0.1) is 0 Å². The largest absolute Gasteiger partial charge is 0.438 e. The van der Waals surface area contributed by atoms with Crippen molar-refractivity contribution < 1.29 is 14.0 Å². The van der Waals surface area contributed by atoms with E-state index in [0.29, 0.717) is 29.2 Å². The molecular formula is C25H18N2O3. The maximum Gasteiger partial charge on any atom is 0.262 e. The molecule has 5 rings (SSSR count). The first-order chi connectivity index (χ1) is 14.7. The van der Waals surface area contributed by atoms with Gasteiger partial charge in [-0.05, 0) is 17.7 Å². The second-order valence-electron chi connectivity index (χ2n) is 7.16. The van der Waals surface area contributed by atoms with Crippen LogP contribution in [0.2, 0.25) is 0 Å². The zero-order valence-corrected chi connectivity index (χ0v) is 16.1. The fourth-order valence-electron chi connectivity index (χ4n) is 3.79. The van der Waals surface area contributed by atoms with Crippen LogP contribution in [0.3, 0.4) is 0 Å². The van der Waals surface area contributed by atoms with Gasteiger partial charge in [0.2, 0.25) is 5.89 Å². The maximum atomic E-state index is 13.1. The lowest BCUT2D eigenvalue weighted by atomic mass is 10.0. The van der Waals surface area contributed by atoms with Crippen molar-refractivity contribution in [2.45, 2.75) is 12.5 Å². The Morgan fingerprint density at radius 3 is 1.97 bits per heavy atom. The number of imide groups is 1. The van der Waals surface area contributed by atoms with Crippen LogP contribution in [0.25, 0.3) is 11.3 Å². The Labute approximate surface area is 173 Å². The first-order valence-electron chi connectivity index (χ1n) is 9.74. The van der Waals surface area contributed by atoms with Gasteiger partial charge in [0.15, 0.2) is 5.76 Å². The standard InChI is InChI=1S/C25H18N2O3/c28-24-19-13-7-8-14-20(19)25(29)27(24)21(15-17-9-3-1-4-10-17)23-26-16-22(30-23)18-11-5-2-6-12-18/h1-14,16,21H,15H2. The molecule has 0 aliphatic carbocycles. The van der Waals surface area contributed by atoms with Crippen LogP contribution < -0.4 is 0 Å². The molecule has 30 heavy (non-hydrogen) atoms. The summed E-state index contributed by atoms with van der Waals surface area (Å²) in [6.07, 6.45) is 2.06. The van der Waals surface area contributed by atoms with Gasteiger partial charge in [0.05, 0.1) is 17.3 Å². The number of amides is 2. The molecule has 3 aromatic carbocycles. The molecule has 1 aliphatic rings. The molecule has 4 aromatic rings. The highest BCUT2D eigenvalue weighted by Crippen LogP contribution is 2.34. The molecule has 146 valence electrons. The lowest BCUT2D eigenvalue weighted by Gasteiger charge is -2.23. The van der Waals surface area contributed by atoms with E-state index in [1.807, 2.05) is 60.7 Å². The summed E-state index contributed by atoms with van der Waals surface area (Å²) in [4.78, 5) is 32.0. The second kappa shape index (κ2) is 7.44. The Morgan fingerprint density at radius 1 is 0.767 bits per heavy atom. The van der Waals surface area contributed by atoms with E-state index in [4.69, 9.17) is 4.42 Å². The lowest BCUT2D eigenvalue weighted by molar-refractivity contribution is 0.0557. The molecule has 0 N–H and O–H groups in total. The molecule has 1 aromatic heterocycles. The SMILES string of the molecule is O=C1c2ccccc2C(=O)N1C(Cc1ccccc1)c1ncc(-c2ccccc2)o1. The van der Waals surface area contributed by atoms with E-state index < -0.39 is 6.04 Å². The molecule has 0 saturated heterocycles. The van der Waals surface area contributed by atoms with Crippen LogP contribution >= 0.6 is 0 Å². The monoisotopic (exact) mass is 394 g/mol. The molecule has 2 heterocycles. The third-order valence-corrected chi connectivity index (χ3v) is 5.28. The molecule has 0 fully saturated rings. The van der Waals surface area contributed by atoms with Crippen molar-refractivity contribution in [1.82, 2.24) is 9.88 Å². The normalized spacial score (nSPS) is 14.1. The Balaban J connectivity index is 1.56. The zero-order chi connectivity index (χ0) is 20.5. The predicted molar refractivity (Wildman–Crippen MR) is 112 cm³/mol. The number of oxazole rings is 1. The number of hydrogen-bond donors (Lipinski definition) is 0. The van der Waals surface area contributed by atoms with Gasteiger partial charge in [-0.25, -0.2) is 4.98 Å². The Bertz CT molecular complexity index is 1180. The minimum Gasteiger partial charge on any atom is -0.438 e. The second-order valence-corrected chi connectivity index (χ2v) is 7.16. The summed E-state index contributed by atoms with van der Waals surface area (Å²) in [5.41, 5.74) is 2.70. The summed E-state index contributed by atoms with van der Waals surface area (Å²) in [5, 5.41) is 0. The molecule has 5 heteroatoms. The van der Waals surface area contributed by atoms with Crippen LogP contribution in [0.1, 0.15) is 38.2 Å². The highest BCUT2D eigenvalue weighted by molar-refractivity contribution is 6.21. The molecule has 1 unspecified atom stereocenters. The average molecular weight is 394 g/mol. The smallest absolute Gasteiger partial charge is 0.262 e. The van der Waals surface area contributed by atoms with Gasteiger partial charge in [-0.1, -0.05) is 72.8 Å². The molecule has 0 bridgehead atoms. The summed E-state index contributed by atoms with van der Waals surface area (Å²) in [5.74, 6) is 0.291. The molecule has 0 saturated carbocycles. The van der Waals surface area contributed by atoms with Crippen LogP contribution in [0.5, 0.6) is 0 Å². The van der Waals surface area contributed by atoms with Crippen molar-refractivity contribution in [2.75, 3.05) is 0 Å². The van der Waals surface area contributed by atoms with E-state index in [9.17, 15) is 9.59 Å². The quantitative estimate of drug-likeness (QED) is 0.451. The number of carbonyl (C=O) groups excluding carboxylic acids is 2. The van der Waals surface area contributed by atoms with Crippen LogP contribution in [-0.4, -0.2) is 21.7 Å². The Kier molecular flexibility index (Phi) is 4.48. The number of carbonyl (C=O) groups is 2. The molecule has 0 spiro atoms. The number of rotatable bonds is 5. The number of benzene rings is 3. The van der Waals surface area contributed by atoms with Crippen molar-refractivity contribution in [1.29, 1.82) is 0 Å². The van der Waals surface area contributed by atoms with Crippen molar-refractivity contribution in [2.24, 2.45) is 0 Å². The first-order valence-corrected chi connectivity index (χ1v) is 9.74. The third kappa shape index (κ3) is 3.10. The Hall–Kier alpha value is -3.99. The molecule has 2 amide bonds. The predicted octanol–water partition coefficient (Wildman–Crippen LogP) is 4.92. The topological polar surface area (TPSA) is 63.4 Å². The van der Waals surface area contributed by atoms with Crippen molar-refractivity contribution in [3.8, 4) is 11.3 Å². The summed E-state index contributed by atoms with van der Waals surface area (Å²) in [6, 6.07) is 25.6. The van der Waals surface area contributed by atoms with Crippen LogP contribution in [-0.2, 0) is 6.42 Å². The summed E-state index contributed by atoms with van der Waals surface area (Å²) in [6.45, 7) is 0. The van der Waals surface area contributed by atoms with Gasteiger partial charge in [0.25, 0.3) is 11.8 Å². The minimum atomic E-state index is -0.641. The van der Waals surface area contributed by atoms with Gasteiger partial charge in [-0.2, -0.15) is 0 Å². The van der Waals surface area contributed by atoms with E-state index in [0.717, 1.165) is 11.1 Å². The van der Waals surface area contributed by atoms with Crippen LogP contribution in [0.15, 0.2) is 95.5 Å². The van der Waals surface area contributed by atoms with Crippen molar-refractivity contribution in [3.63, 3.8) is 0 Å². The van der Waals surface area contributed by atoms with Gasteiger partial charge in [-0.15, -0.1) is 0 Å². The Morgan fingerprint density at radius 2 is 1.33 bits per heavy atom. The number of nitrogens with zero attached hydrogens (tertiary/aromatic N) is 2. The first kappa shape index (κ1) is 18.1. The molecular weight excluding hydrogens is 376 g/mol. The molecule has 1 atom stereocenters. The third-order valence-electron chi connectivity index (χ3n) is 5.28. The summed E-state index contributed by atoms with van der Waals surface area (Å²) >= 11 is 0. The number of fused-ring (bicyclic) bond motifs is 1. The lowest BCUT2D eigenvalue weighted by Crippen LogP contribution is -2.35. The number of hydrogen-bond acceptors (Lipinski definition) is 4. The fraction of sp³-hybridized carbons (Fsp3) is 0.0800. The van der Waals surface area contributed by atoms with E-state index in [1.165, 1.54) is 4.90 Å². The van der Waals surface area contributed by atoms with Crippen molar-refractivity contribution >= 4 is 11.8 Å².